The average molecular weight is 584 g/mol. The van der Waals surface area contributed by atoms with Crippen LogP contribution in [0.2, 0.25) is 0 Å². The summed E-state index contributed by atoms with van der Waals surface area (Å²) in [6.45, 7) is 2.85. The fourth-order valence-corrected chi connectivity index (χ4v) is 6.87. The minimum Gasteiger partial charge on any atom is -0.508 e. The van der Waals surface area contributed by atoms with Crippen molar-refractivity contribution < 1.29 is 32.5 Å². The lowest BCUT2D eigenvalue weighted by atomic mass is 9.95. The van der Waals surface area contributed by atoms with Gasteiger partial charge in [0.05, 0.1) is 28.8 Å². The first-order valence-electron chi connectivity index (χ1n) is 14.1. The predicted molar refractivity (Wildman–Crippen MR) is 148 cm³/mol. The van der Waals surface area contributed by atoms with Crippen LogP contribution in [0.25, 0.3) is 32.9 Å². The van der Waals surface area contributed by atoms with E-state index >= 15 is 8.78 Å². The van der Waals surface area contributed by atoms with E-state index in [1.165, 1.54) is 12.1 Å². The molecule has 2 aromatic carbocycles. The van der Waals surface area contributed by atoms with E-state index in [4.69, 9.17) is 4.74 Å². The summed E-state index contributed by atoms with van der Waals surface area (Å²) in [6.07, 6.45) is 0.977. The van der Waals surface area contributed by atoms with Crippen LogP contribution >= 0.6 is 0 Å². The highest BCUT2D eigenvalue weighted by Crippen LogP contribution is 2.42. The Morgan fingerprint density at radius 2 is 1.98 bits per heavy atom. The van der Waals surface area contributed by atoms with Gasteiger partial charge in [-0.2, -0.15) is 9.97 Å². The van der Waals surface area contributed by atoms with Crippen molar-refractivity contribution in [3.05, 3.63) is 47.4 Å². The van der Waals surface area contributed by atoms with Crippen molar-refractivity contribution in [1.82, 2.24) is 19.9 Å². The molecule has 220 valence electrons. The number of ether oxygens (including phenoxy) is 1. The number of phenols is 1. The van der Waals surface area contributed by atoms with Gasteiger partial charge in [-0.1, -0.05) is 6.07 Å². The van der Waals surface area contributed by atoms with Crippen molar-refractivity contribution in [2.45, 2.75) is 62.9 Å². The van der Waals surface area contributed by atoms with Gasteiger partial charge < -0.3 is 20.3 Å². The Balaban J connectivity index is 1.40. The molecule has 0 spiro atoms. The minimum atomic E-state index is -1.19. The van der Waals surface area contributed by atoms with Gasteiger partial charge in [-0.05, 0) is 62.7 Å². The van der Waals surface area contributed by atoms with Gasteiger partial charge in [0.2, 0.25) is 0 Å². The van der Waals surface area contributed by atoms with Gasteiger partial charge in [-0.15, -0.1) is 0 Å². The van der Waals surface area contributed by atoms with E-state index in [0.717, 1.165) is 31.5 Å². The molecular formula is C30H29F4N5O3. The van der Waals surface area contributed by atoms with Gasteiger partial charge in [0.1, 0.15) is 35.6 Å². The number of aryl methyl sites for hydroxylation is 1. The molecule has 0 radical (unpaired) electrons. The van der Waals surface area contributed by atoms with E-state index in [1.807, 2.05) is 0 Å². The van der Waals surface area contributed by atoms with E-state index in [1.54, 1.807) is 6.92 Å². The quantitative estimate of drug-likeness (QED) is 0.281. The zero-order valence-electron chi connectivity index (χ0n) is 22.8. The summed E-state index contributed by atoms with van der Waals surface area (Å²) in [4.78, 5) is 15.6. The van der Waals surface area contributed by atoms with Gasteiger partial charge >= 0.3 is 6.01 Å². The molecule has 3 N–H and O–H groups in total. The maximum absolute atomic E-state index is 16.5. The highest BCUT2D eigenvalue weighted by Gasteiger charge is 2.49. The van der Waals surface area contributed by atoms with Gasteiger partial charge in [-0.3, -0.25) is 4.90 Å². The summed E-state index contributed by atoms with van der Waals surface area (Å²) in [5, 5.41) is 24.2. The number of halogens is 4. The molecule has 0 saturated carbocycles. The molecule has 0 bridgehead atoms. The number of aliphatic hydroxyl groups excluding tert-OH is 1. The van der Waals surface area contributed by atoms with E-state index in [-0.39, 0.29) is 57.1 Å². The first-order chi connectivity index (χ1) is 20.1. The normalized spacial score (nSPS) is 24.5. The maximum Gasteiger partial charge on any atom is 0.319 e. The summed E-state index contributed by atoms with van der Waals surface area (Å²) in [6, 6.07) is 4.05. The van der Waals surface area contributed by atoms with Crippen LogP contribution < -0.4 is 10.1 Å². The first-order valence-corrected chi connectivity index (χ1v) is 14.1. The number of hydrogen-bond donors (Lipinski definition) is 3. The van der Waals surface area contributed by atoms with E-state index in [2.05, 4.69) is 25.2 Å². The Bertz CT molecular complexity index is 1740. The summed E-state index contributed by atoms with van der Waals surface area (Å²) in [5.74, 6) is -3.30. The number of benzene rings is 2. The molecule has 3 aliphatic rings. The number of anilines is 1. The number of alkyl halides is 1. The second-order valence-corrected chi connectivity index (χ2v) is 11.6. The number of hydrogen-bond acceptors (Lipinski definition) is 8. The predicted octanol–water partition coefficient (Wildman–Crippen LogP) is 5.03. The molecule has 0 aliphatic carbocycles. The number of aliphatic hydroxyl groups is 1. The van der Waals surface area contributed by atoms with Crippen molar-refractivity contribution in [3.8, 4) is 23.0 Å². The summed E-state index contributed by atoms with van der Waals surface area (Å²) in [5.41, 5.74) is -0.701. The molecule has 4 atom stereocenters. The van der Waals surface area contributed by atoms with Crippen LogP contribution in [0.5, 0.6) is 11.8 Å². The second-order valence-electron chi connectivity index (χ2n) is 11.6. The molecule has 42 heavy (non-hydrogen) atoms. The Kier molecular flexibility index (Phi) is 6.39. The van der Waals surface area contributed by atoms with Crippen LogP contribution in [0.15, 0.2) is 24.3 Å². The molecule has 8 nitrogen and oxygen atoms in total. The standard InChI is InChI=1S/C30H29F4N5O3/c1-14(40)20-5-6-21-23-27(25(34)26(35-21)18-10-17(41)9-15-3-4-19(32)24(33)22(15)18)37-29(38-28(23)36-20)42-13-30-7-2-8-39(30)12-16(31)11-30/h3-4,9-10,14,16,20,40-41H,2,5-8,11-13H2,1H3,(H,36,37,38)/t14-,16-,20-,30+/m1/s1. The summed E-state index contributed by atoms with van der Waals surface area (Å²) >= 11 is 0. The fraction of sp³-hybridized carbons (Fsp3) is 0.433. The van der Waals surface area contributed by atoms with Gasteiger partial charge in [0.15, 0.2) is 17.5 Å². The Morgan fingerprint density at radius 1 is 1.14 bits per heavy atom. The lowest BCUT2D eigenvalue weighted by Crippen LogP contribution is -2.43. The van der Waals surface area contributed by atoms with Crippen molar-refractivity contribution >= 4 is 27.5 Å². The lowest BCUT2D eigenvalue weighted by Gasteiger charge is -2.30. The molecule has 0 unspecified atom stereocenters. The maximum atomic E-state index is 16.5. The molecule has 5 heterocycles. The molecule has 2 aromatic heterocycles. The average Bonchev–Trinajstić information content (AvgIpc) is 3.40. The number of aromatic nitrogens is 3. The topological polar surface area (TPSA) is 104 Å². The van der Waals surface area contributed by atoms with Gasteiger partial charge in [-0.25, -0.2) is 22.5 Å². The number of phenolic OH excluding ortho intramolecular Hbond substituents is 1. The molecule has 2 saturated heterocycles. The SMILES string of the molecule is C[C@@H](O)[C@H]1CCc2nc(-c3cc(O)cc4ccc(F)c(F)c34)c(F)c3nc(OC[C@@]45CCCN4C[C@H](F)C5)nc(c23)N1. The Morgan fingerprint density at radius 3 is 2.79 bits per heavy atom. The fourth-order valence-electron chi connectivity index (χ4n) is 6.87. The van der Waals surface area contributed by atoms with E-state index < -0.39 is 41.3 Å². The first kappa shape index (κ1) is 27.1. The number of nitrogens with zero attached hydrogens (tertiary/aromatic N) is 4. The van der Waals surface area contributed by atoms with Gasteiger partial charge in [0, 0.05) is 23.9 Å². The molecule has 0 amide bonds. The van der Waals surface area contributed by atoms with Crippen LogP contribution in [-0.4, -0.2) is 73.6 Å². The van der Waals surface area contributed by atoms with Crippen LogP contribution in [0.1, 0.15) is 38.3 Å². The molecule has 7 rings (SSSR count). The molecular weight excluding hydrogens is 554 g/mol. The number of nitrogens with one attached hydrogen (secondary N) is 1. The van der Waals surface area contributed by atoms with Crippen molar-refractivity contribution in [3.63, 3.8) is 0 Å². The smallest absolute Gasteiger partial charge is 0.319 e. The molecule has 12 heteroatoms. The monoisotopic (exact) mass is 583 g/mol. The van der Waals surface area contributed by atoms with Crippen LogP contribution in [-0.2, 0) is 6.42 Å². The van der Waals surface area contributed by atoms with E-state index in [9.17, 15) is 19.0 Å². The summed E-state index contributed by atoms with van der Waals surface area (Å²) in [7, 11) is 0. The third-order valence-corrected chi connectivity index (χ3v) is 8.91. The highest BCUT2D eigenvalue weighted by molar-refractivity contribution is 6.01. The van der Waals surface area contributed by atoms with Gasteiger partial charge in [0.25, 0.3) is 0 Å². The Labute approximate surface area is 238 Å². The molecule has 2 fully saturated rings. The van der Waals surface area contributed by atoms with E-state index in [0.29, 0.717) is 31.5 Å². The highest BCUT2D eigenvalue weighted by atomic mass is 19.2. The third-order valence-electron chi connectivity index (χ3n) is 8.91. The van der Waals surface area contributed by atoms with Crippen molar-refractivity contribution in [1.29, 1.82) is 0 Å². The molecule has 3 aliphatic heterocycles. The second kappa shape index (κ2) is 9.91. The van der Waals surface area contributed by atoms with Crippen molar-refractivity contribution in [2.24, 2.45) is 0 Å². The minimum absolute atomic E-state index is 0.117. The number of pyridine rings is 1. The van der Waals surface area contributed by atoms with Crippen LogP contribution in [0.4, 0.5) is 23.4 Å². The summed E-state index contributed by atoms with van der Waals surface area (Å²) < 4.78 is 66.3. The number of rotatable bonds is 5. The largest absolute Gasteiger partial charge is 0.508 e. The number of fused-ring (bicyclic) bond motifs is 2. The zero-order valence-corrected chi connectivity index (χ0v) is 22.8. The molecule has 4 aromatic rings. The lowest BCUT2D eigenvalue weighted by molar-refractivity contribution is 0.107. The van der Waals surface area contributed by atoms with Crippen LogP contribution in [0, 0.1) is 17.5 Å². The third kappa shape index (κ3) is 4.30. The Hall–Kier alpha value is -3.77. The number of aromatic hydroxyl groups is 1. The zero-order chi connectivity index (χ0) is 29.3. The van der Waals surface area contributed by atoms with Crippen LogP contribution in [0.3, 0.4) is 0 Å². The van der Waals surface area contributed by atoms with Crippen molar-refractivity contribution in [2.75, 3.05) is 25.0 Å².